The quantitative estimate of drug-likeness (QED) is 0.845. The van der Waals surface area contributed by atoms with Crippen molar-refractivity contribution in [3.8, 4) is 11.5 Å². The molecule has 6 nitrogen and oxygen atoms in total. The van der Waals surface area contributed by atoms with Crippen LogP contribution in [0.1, 0.15) is 29.2 Å². The van der Waals surface area contributed by atoms with Gasteiger partial charge in [-0.05, 0) is 44.0 Å². The Morgan fingerprint density at radius 2 is 1.70 bits per heavy atom. The SMILES string of the molecule is Cc1cc(C)cc(CN2C(=O)NC(C)(Cc3ccc4c(c3)OCO4)C2=O)c1. The van der Waals surface area contributed by atoms with Crippen LogP contribution in [0.5, 0.6) is 11.5 Å². The Bertz CT molecular complexity index is 920. The summed E-state index contributed by atoms with van der Waals surface area (Å²) in [4.78, 5) is 26.8. The van der Waals surface area contributed by atoms with Gasteiger partial charge in [0.1, 0.15) is 5.54 Å². The van der Waals surface area contributed by atoms with Crippen molar-refractivity contribution >= 4 is 11.9 Å². The van der Waals surface area contributed by atoms with Gasteiger partial charge in [0, 0.05) is 6.42 Å². The molecule has 0 radical (unpaired) electrons. The molecule has 2 heterocycles. The molecule has 4 rings (SSSR count). The van der Waals surface area contributed by atoms with Crippen molar-refractivity contribution in [2.24, 2.45) is 0 Å². The molecule has 1 saturated heterocycles. The summed E-state index contributed by atoms with van der Waals surface area (Å²) in [5.74, 6) is 1.14. The lowest BCUT2D eigenvalue weighted by molar-refractivity contribution is -0.131. The van der Waals surface area contributed by atoms with Crippen molar-refractivity contribution in [2.45, 2.75) is 39.3 Å². The first kappa shape index (κ1) is 17.4. The second kappa shape index (κ2) is 6.30. The second-order valence-corrected chi connectivity index (χ2v) is 7.51. The van der Waals surface area contributed by atoms with Crippen LogP contribution < -0.4 is 14.8 Å². The fourth-order valence-corrected chi connectivity index (χ4v) is 3.81. The van der Waals surface area contributed by atoms with Crippen molar-refractivity contribution in [3.63, 3.8) is 0 Å². The predicted molar refractivity (Wildman–Crippen MR) is 99.7 cm³/mol. The van der Waals surface area contributed by atoms with E-state index in [4.69, 9.17) is 9.47 Å². The van der Waals surface area contributed by atoms with E-state index < -0.39 is 5.54 Å². The number of hydrogen-bond acceptors (Lipinski definition) is 4. The molecule has 2 aromatic rings. The molecular formula is C21H22N2O4. The Labute approximate surface area is 158 Å². The molecule has 1 fully saturated rings. The third-order valence-corrected chi connectivity index (χ3v) is 4.96. The van der Waals surface area contributed by atoms with Gasteiger partial charge in [-0.3, -0.25) is 9.69 Å². The zero-order valence-electron chi connectivity index (χ0n) is 15.7. The molecule has 0 saturated carbocycles. The number of ether oxygens (including phenoxy) is 2. The van der Waals surface area contributed by atoms with Crippen molar-refractivity contribution in [2.75, 3.05) is 6.79 Å². The Morgan fingerprint density at radius 3 is 2.44 bits per heavy atom. The molecule has 0 aromatic heterocycles. The van der Waals surface area contributed by atoms with Crippen molar-refractivity contribution in [3.05, 3.63) is 58.7 Å². The molecule has 2 aliphatic heterocycles. The highest BCUT2D eigenvalue weighted by Gasteiger charge is 2.47. The molecule has 1 N–H and O–H groups in total. The van der Waals surface area contributed by atoms with Crippen molar-refractivity contribution < 1.29 is 19.1 Å². The van der Waals surface area contributed by atoms with Gasteiger partial charge in [0.15, 0.2) is 11.5 Å². The van der Waals surface area contributed by atoms with Crippen LogP contribution in [0.15, 0.2) is 36.4 Å². The number of hydrogen-bond donors (Lipinski definition) is 1. The van der Waals surface area contributed by atoms with Gasteiger partial charge in [-0.2, -0.15) is 0 Å². The standard InChI is InChI=1S/C21H22N2O4/c1-13-6-14(2)8-16(7-13)11-23-19(24)21(3,22-20(23)25)10-15-4-5-17-18(9-15)27-12-26-17/h4-9H,10-12H2,1-3H3,(H,22,25). The average molecular weight is 366 g/mol. The summed E-state index contributed by atoms with van der Waals surface area (Å²) in [6, 6.07) is 11.3. The third-order valence-electron chi connectivity index (χ3n) is 4.96. The van der Waals surface area contributed by atoms with E-state index in [1.54, 1.807) is 6.92 Å². The predicted octanol–water partition coefficient (Wildman–Crippen LogP) is 3.09. The molecule has 0 bridgehead atoms. The first-order chi connectivity index (χ1) is 12.8. The topological polar surface area (TPSA) is 67.9 Å². The van der Waals surface area contributed by atoms with Crippen LogP contribution in [0.2, 0.25) is 0 Å². The number of urea groups is 1. The van der Waals surface area contributed by atoms with Gasteiger partial charge in [-0.1, -0.05) is 35.4 Å². The van der Waals surface area contributed by atoms with E-state index in [-0.39, 0.29) is 25.3 Å². The molecule has 1 unspecified atom stereocenters. The van der Waals surface area contributed by atoms with E-state index >= 15 is 0 Å². The number of benzene rings is 2. The maximum Gasteiger partial charge on any atom is 0.325 e. The van der Waals surface area contributed by atoms with Gasteiger partial charge in [-0.25, -0.2) is 4.79 Å². The summed E-state index contributed by atoms with van der Waals surface area (Å²) >= 11 is 0. The Morgan fingerprint density at radius 1 is 1.00 bits per heavy atom. The number of carbonyl (C=O) groups is 2. The number of carbonyl (C=O) groups excluding carboxylic acids is 2. The summed E-state index contributed by atoms with van der Waals surface area (Å²) in [5.41, 5.74) is 3.09. The number of rotatable bonds is 4. The normalized spacial score (nSPS) is 20.9. The van der Waals surface area contributed by atoms with Crippen molar-refractivity contribution in [1.82, 2.24) is 10.2 Å². The summed E-state index contributed by atoms with van der Waals surface area (Å²) in [6.07, 6.45) is 0.386. The third kappa shape index (κ3) is 3.23. The maximum absolute atomic E-state index is 13.0. The highest BCUT2D eigenvalue weighted by molar-refractivity contribution is 6.06. The largest absolute Gasteiger partial charge is 0.454 e. The number of nitrogens with one attached hydrogen (secondary N) is 1. The molecule has 27 heavy (non-hydrogen) atoms. The van der Waals surface area contributed by atoms with Gasteiger partial charge in [-0.15, -0.1) is 0 Å². The molecule has 0 aliphatic carbocycles. The first-order valence-corrected chi connectivity index (χ1v) is 8.94. The minimum absolute atomic E-state index is 0.204. The van der Waals surface area contributed by atoms with Gasteiger partial charge in [0.25, 0.3) is 5.91 Å². The average Bonchev–Trinajstić information content (AvgIpc) is 3.12. The van der Waals surface area contributed by atoms with Crippen LogP contribution in [-0.2, 0) is 17.8 Å². The fraction of sp³-hybridized carbons (Fsp3) is 0.333. The van der Waals surface area contributed by atoms with Gasteiger partial charge in [0.2, 0.25) is 6.79 Å². The van der Waals surface area contributed by atoms with Gasteiger partial charge < -0.3 is 14.8 Å². The summed E-state index contributed by atoms with van der Waals surface area (Å²) in [5, 5.41) is 2.86. The van der Waals surface area contributed by atoms with E-state index in [1.807, 2.05) is 44.2 Å². The summed E-state index contributed by atoms with van der Waals surface area (Å²) < 4.78 is 10.7. The maximum atomic E-state index is 13.0. The van der Waals surface area contributed by atoms with E-state index in [2.05, 4.69) is 11.4 Å². The highest BCUT2D eigenvalue weighted by Crippen LogP contribution is 2.34. The monoisotopic (exact) mass is 366 g/mol. The number of aryl methyl sites for hydroxylation is 2. The molecule has 3 amide bonds. The van der Waals surface area contributed by atoms with Crippen LogP contribution in [-0.4, -0.2) is 29.2 Å². The Balaban J connectivity index is 1.54. The number of amides is 3. The lowest BCUT2D eigenvalue weighted by Gasteiger charge is -2.22. The number of nitrogens with zero attached hydrogens (tertiary/aromatic N) is 1. The minimum atomic E-state index is -0.982. The Hall–Kier alpha value is -3.02. The Kier molecular flexibility index (Phi) is 4.06. The molecule has 0 spiro atoms. The lowest BCUT2D eigenvalue weighted by atomic mass is 9.92. The molecule has 140 valence electrons. The zero-order valence-corrected chi connectivity index (χ0v) is 15.7. The van der Waals surface area contributed by atoms with E-state index in [0.717, 1.165) is 22.3 Å². The molecule has 1 atom stereocenters. The van der Waals surface area contributed by atoms with E-state index in [0.29, 0.717) is 17.9 Å². The zero-order chi connectivity index (χ0) is 19.2. The van der Waals surface area contributed by atoms with Crippen LogP contribution in [0.25, 0.3) is 0 Å². The molecule has 2 aliphatic rings. The van der Waals surface area contributed by atoms with Crippen LogP contribution in [0.4, 0.5) is 4.79 Å². The molecule has 6 heteroatoms. The number of fused-ring (bicyclic) bond motifs is 1. The van der Waals surface area contributed by atoms with Crippen LogP contribution in [0, 0.1) is 13.8 Å². The molecule has 2 aromatic carbocycles. The van der Waals surface area contributed by atoms with Crippen molar-refractivity contribution in [1.29, 1.82) is 0 Å². The second-order valence-electron chi connectivity index (χ2n) is 7.51. The smallest absolute Gasteiger partial charge is 0.325 e. The summed E-state index contributed by atoms with van der Waals surface area (Å²) in [7, 11) is 0. The number of imide groups is 1. The van der Waals surface area contributed by atoms with Gasteiger partial charge >= 0.3 is 6.03 Å². The van der Waals surface area contributed by atoms with E-state index in [9.17, 15) is 9.59 Å². The lowest BCUT2D eigenvalue weighted by Crippen LogP contribution is -2.45. The fourth-order valence-electron chi connectivity index (χ4n) is 3.81. The van der Waals surface area contributed by atoms with Crippen LogP contribution in [0.3, 0.4) is 0 Å². The first-order valence-electron chi connectivity index (χ1n) is 8.94. The van der Waals surface area contributed by atoms with Gasteiger partial charge in [0.05, 0.1) is 6.54 Å². The summed E-state index contributed by atoms with van der Waals surface area (Å²) in [6.45, 7) is 6.25. The van der Waals surface area contributed by atoms with Crippen LogP contribution >= 0.6 is 0 Å². The molecular weight excluding hydrogens is 344 g/mol. The minimum Gasteiger partial charge on any atom is -0.454 e. The van der Waals surface area contributed by atoms with E-state index in [1.165, 1.54) is 4.90 Å². The highest BCUT2D eigenvalue weighted by atomic mass is 16.7.